The lowest BCUT2D eigenvalue weighted by molar-refractivity contribution is 0.101. The van der Waals surface area contributed by atoms with Crippen LogP contribution in [-0.2, 0) is 13.6 Å². The molecule has 3 aromatic rings. The topological polar surface area (TPSA) is 103 Å². The summed E-state index contributed by atoms with van der Waals surface area (Å²) in [5.74, 6) is -0.507. The summed E-state index contributed by atoms with van der Waals surface area (Å²) in [6.07, 6.45) is 3.00. The van der Waals surface area contributed by atoms with Gasteiger partial charge in [-0.25, -0.2) is 0 Å². The summed E-state index contributed by atoms with van der Waals surface area (Å²) < 4.78 is 8.39. The van der Waals surface area contributed by atoms with Gasteiger partial charge < -0.3 is 15.4 Å². The third kappa shape index (κ3) is 4.09. The monoisotopic (exact) mass is 416 g/mol. The number of halogens is 1. The van der Waals surface area contributed by atoms with Gasteiger partial charge in [-0.3, -0.25) is 19.0 Å². The minimum Gasteiger partial charge on any atom is -0.496 e. The molecule has 0 aliphatic carbocycles. The molecule has 0 atom stereocenters. The zero-order valence-electron chi connectivity index (χ0n) is 16.5. The Balaban J connectivity index is 1.90. The van der Waals surface area contributed by atoms with Crippen LogP contribution in [0.2, 0.25) is 5.02 Å². The highest BCUT2D eigenvalue weighted by Gasteiger charge is 2.22. The number of rotatable bonds is 6. The maximum Gasteiger partial charge on any atom is 0.276 e. The summed E-state index contributed by atoms with van der Waals surface area (Å²) in [5.41, 5.74) is 2.13. The molecule has 2 N–H and O–H groups in total. The van der Waals surface area contributed by atoms with Gasteiger partial charge >= 0.3 is 0 Å². The molecule has 0 aliphatic heterocycles. The summed E-state index contributed by atoms with van der Waals surface area (Å²) >= 11 is 6.01. The molecule has 29 heavy (non-hydrogen) atoms. The highest BCUT2D eigenvalue weighted by molar-refractivity contribution is 6.31. The minimum atomic E-state index is -0.466. The van der Waals surface area contributed by atoms with E-state index in [0.717, 1.165) is 5.69 Å². The van der Waals surface area contributed by atoms with E-state index < -0.39 is 11.8 Å². The molecule has 0 saturated heterocycles. The minimum absolute atomic E-state index is 0.227. The molecular weight excluding hydrogens is 396 g/mol. The van der Waals surface area contributed by atoms with E-state index in [2.05, 4.69) is 20.8 Å². The molecule has 152 valence electrons. The van der Waals surface area contributed by atoms with Crippen LogP contribution in [0.25, 0.3) is 0 Å². The van der Waals surface area contributed by atoms with Gasteiger partial charge in [0.15, 0.2) is 0 Å². The van der Waals surface area contributed by atoms with Crippen molar-refractivity contribution in [1.82, 2.24) is 19.6 Å². The van der Waals surface area contributed by atoms with Gasteiger partial charge in [0.05, 0.1) is 42.1 Å². The zero-order chi connectivity index (χ0) is 21.1. The highest BCUT2D eigenvalue weighted by atomic mass is 35.5. The van der Waals surface area contributed by atoms with Gasteiger partial charge in [0.2, 0.25) is 0 Å². The number of methoxy groups -OCH3 is 1. The van der Waals surface area contributed by atoms with Crippen molar-refractivity contribution < 1.29 is 14.3 Å². The van der Waals surface area contributed by atoms with Crippen molar-refractivity contribution in [2.24, 2.45) is 7.05 Å². The van der Waals surface area contributed by atoms with Crippen molar-refractivity contribution in [3.8, 4) is 5.75 Å². The van der Waals surface area contributed by atoms with E-state index in [0.29, 0.717) is 23.0 Å². The predicted molar refractivity (Wildman–Crippen MR) is 110 cm³/mol. The SMILES string of the molecule is CCn1ncc(NC(=O)c2cc(Cl)ccc2OC)c1C(=O)Nc1cnn(C)c1C. The Labute approximate surface area is 172 Å². The maximum absolute atomic E-state index is 12.9. The normalized spacial score (nSPS) is 10.7. The van der Waals surface area contributed by atoms with Crippen molar-refractivity contribution in [1.29, 1.82) is 0 Å². The summed E-state index contributed by atoms with van der Waals surface area (Å²) in [5, 5.41) is 14.2. The molecule has 2 aromatic heterocycles. The van der Waals surface area contributed by atoms with Gasteiger partial charge in [0.25, 0.3) is 11.8 Å². The van der Waals surface area contributed by atoms with Crippen LogP contribution in [0, 0.1) is 6.92 Å². The van der Waals surface area contributed by atoms with Crippen molar-refractivity contribution in [3.05, 3.63) is 52.6 Å². The van der Waals surface area contributed by atoms with Gasteiger partial charge in [0.1, 0.15) is 11.4 Å². The van der Waals surface area contributed by atoms with E-state index in [1.165, 1.54) is 24.1 Å². The highest BCUT2D eigenvalue weighted by Crippen LogP contribution is 2.25. The van der Waals surface area contributed by atoms with Crippen molar-refractivity contribution in [3.63, 3.8) is 0 Å². The molecule has 0 unspecified atom stereocenters. The fraction of sp³-hybridized carbons (Fsp3) is 0.263. The molecule has 3 rings (SSSR count). The third-order valence-corrected chi connectivity index (χ3v) is 4.73. The second kappa shape index (κ2) is 8.36. The largest absolute Gasteiger partial charge is 0.496 e. The number of aromatic nitrogens is 4. The van der Waals surface area contributed by atoms with Crippen molar-refractivity contribution >= 4 is 34.8 Å². The summed E-state index contributed by atoms with van der Waals surface area (Å²) in [7, 11) is 3.25. The van der Waals surface area contributed by atoms with Gasteiger partial charge in [-0.05, 0) is 32.0 Å². The summed E-state index contributed by atoms with van der Waals surface area (Å²) in [6.45, 7) is 4.14. The Hall–Kier alpha value is -3.33. The van der Waals surface area contributed by atoms with Crippen LogP contribution in [0.3, 0.4) is 0 Å². The Morgan fingerprint density at radius 2 is 1.83 bits per heavy atom. The Kier molecular flexibility index (Phi) is 5.88. The molecule has 0 spiro atoms. The van der Waals surface area contributed by atoms with E-state index in [1.54, 1.807) is 30.1 Å². The molecule has 2 heterocycles. The molecule has 0 aliphatic rings. The molecule has 9 nitrogen and oxygen atoms in total. The zero-order valence-corrected chi connectivity index (χ0v) is 17.2. The van der Waals surface area contributed by atoms with Crippen LogP contribution in [0.1, 0.15) is 33.5 Å². The van der Waals surface area contributed by atoms with Crippen LogP contribution in [-0.4, -0.2) is 38.5 Å². The molecular formula is C19H21ClN6O3. The number of amides is 2. The lowest BCUT2D eigenvalue weighted by Gasteiger charge is -2.11. The summed E-state index contributed by atoms with van der Waals surface area (Å²) in [6, 6.07) is 4.73. The van der Waals surface area contributed by atoms with Crippen LogP contribution < -0.4 is 15.4 Å². The molecule has 0 saturated carbocycles. The molecule has 2 amide bonds. The summed E-state index contributed by atoms with van der Waals surface area (Å²) in [4.78, 5) is 25.7. The lowest BCUT2D eigenvalue weighted by Crippen LogP contribution is -2.21. The van der Waals surface area contributed by atoms with Crippen LogP contribution >= 0.6 is 11.6 Å². The molecule has 1 aromatic carbocycles. The number of aryl methyl sites for hydroxylation is 2. The number of benzene rings is 1. The Bertz CT molecular complexity index is 1070. The first-order valence-corrected chi connectivity index (χ1v) is 9.24. The van der Waals surface area contributed by atoms with Crippen LogP contribution in [0.5, 0.6) is 5.75 Å². The number of hydrogen-bond donors (Lipinski definition) is 2. The molecule has 10 heteroatoms. The average Bonchev–Trinajstić information content (AvgIpc) is 3.25. The first-order chi connectivity index (χ1) is 13.8. The van der Waals surface area contributed by atoms with E-state index in [4.69, 9.17) is 16.3 Å². The number of anilines is 2. The van der Waals surface area contributed by atoms with E-state index in [1.807, 2.05) is 13.8 Å². The number of nitrogens with one attached hydrogen (secondary N) is 2. The smallest absolute Gasteiger partial charge is 0.276 e. The Morgan fingerprint density at radius 1 is 1.14 bits per heavy atom. The Morgan fingerprint density at radius 3 is 2.45 bits per heavy atom. The van der Waals surface area contributed by atoms with Crippen LogP contribution in [0.15, 0.2) is 30.6 Å². The second-order valence-electron chi connectivity index (χ2n) is 6.24. The van der Waals surface area contributed by atoms with Gasteiger partial charge in [0, 0.05) is 18.6 Å². The van der Waals surface area contributed by atoms with Gasteiger partial charge in [-0.15, -0.1) is 0 Å². The van der Waals surface area contributed by atoms with E-state index >= 15 is 0 Å². The number of nitrogens with zero attached hydrogens (tertiary/aromatic N) is 4. The lowest BCUT2D eigenvalue weighted by atomic mass is 10.2. The first kappa shape index (κ1) is 20.4. The van der Waals surface area contributed by atoms with E-state index in [9.17, 15) is 9.59 Å². The van der Waals surface area contributed by atoms with Crippen molar-refractivity contribution in [2.75, 3.05) is 17.7 Å². The van der Waals surface area contributed by atoms with Gasteiger partial charge in [-0.1, -0.05) is 11.6 Å². The van der Waals surface area contributed by atoms with Crippen molar-refractivity contribution in [2.45, 2.75) is 20.4 Å². The predicted octanol–water partition coefficient (Wildman–Crippen LogP) is 3.11. The fourth-order valence-electron chi connectivity index (χ4n) is 2.81. The first-order valence-electron chi connectivity index (χ1n) is 8.86. The molecule has 0 bridgehead atoms. The number of hydrogen-bond acceptors (Lipinski definition) is 5. The number of carbonyl (C=O) groups is 2. The average molecular weight is 417 g/mol. The number of carbonyl (C=O) groups excluding carboxylic acids is 2. The quantitative estimate of drug-likeness (QED) is 0.642. The standard InChI is InChI=1S/C19H21ClN6O3/c1-5-26-17(19(28)23-14-9-21-25(3)11(14)2)15(10-22-26)24-18(27)13-8-12(20)6-7-16(13)29-4/h6-10H,5H2,1-4H3,(H,23,28)(H,24,27). The van der Waals surface area contributed by atoms with Crippen LogP contribution in [0.4, 0.5) is 11.4 Å². The van der Waals surface area contributed by atoms with Gasteiger partial charge in [-0.2, -0.15) is 10.2 Å². The number of ether oxygens (including phenoxy) is 1. The second-order valence-corrected chi connectivity index (χ2v) is 6.68. The maximum atomic E-state index is 12.9. The third-order valence-electron chi connectivity index (χ3n) is 4.49. The molecule has 0 radical (unpaired) electrons. The fourth-order valence-corrected chi connectivity index (χ4v) is 2.98. The molecule has 0 fully saturated rings. The van der Waals surface area contributed by atoms with E-state index in [-0.39, 0.29) is 16.9 Å².